The molecule has 2 aromatic carbocycles. The second-order valence-corrected chi connectivity index (χ2v) is 7.79. The molecule has 0 aliphatic heterocycles. The fourth-order valence-corrected chi connectivity index (χ4v) is 3.95. The largest absolute Gasteiger partial charge is 0.352 e. The number of nitrogens with two attached hydrogens (primary N) is 1. The lowest BCUT2D eigenvalue weighted by atomic mass is 10.0. The zero-order chi connectivity index (χ0) is 20.8. The highest BCUT2D eigenvalue weighted by Crippen LogP contribution is 2.22. The Morgan fingerprint density at radius 1 is 0.967 bits per heavy atom. The van der Waals surface area contributed by atoms with Crippen molar-refractivity contribution < 1.29 is 4.79 Å². The number of pyridine rings is 1. The van der Waals surface area contributed by atoms with E-state index in [2.05, 4.69) is 15.3 Å². The van der Waals surface area contributed by atoms with Gasteiger partial charge in [-0.05, 0) is 41.0 Å². The number of nitrogens with zero attached hydrogens (tertiary/aromatic N) is 2. The van der Waals surface area contributed by atoms with E-state index in [1.807, 2.05) is 66.0 Å². The van der Waals surface area contributed by atoms with Gasteiger partial charge in [-0.25, -0.2) is 4.98 Å². The van der Waals surface area contributed by atoms with Gasteiger partial charge in [0.15, 0.2) is 0 Å². The third-order valence-corrected chi connectivity index (χ3v) is 5.71. The van der Waals surface area contributed by atoms with Crippen LogP contribution < -0.4 is 11.1 Å². The summed E-state index contributed by atoms with van der Waals surface area (Å²) in [7, 11) is 0. The number of thiazole rings is 1. The number of carbonyl (C=O) groups excluding carboxylic acids is 1. The van der Waals surface area contributed by atoms with E-state index in [0.717, 1.165) is 33.0 Å². The van der Waals surface area contributed by atoms with Crippen molar-refractivity contribution in [1.82, 2.24) is 15.3 Å². The molecule has 0 aliphatic carbocycles. The molecular weight excluding hydrogens is 392 g/mol. The van der Waals surface area contributed by atoms with Crippen LogP contribution in [0.15, 0.2) is 78.4 Å². The third kappa shape index (κ3) is 4.79. The monoisotopic (exact) mass is 414 g/mol. The van der Waals surface area contributed by atoms with Crippen molar-refractivity contribution in [2.24, 2.45) is 5.73 Å². The quantitative estimate of drug-likeness (QED) is 0.472. The molecule has 1 amide bonds. The smallest absolute Gasteiger partial charge is 0.251 e. The number of benzene rings is 2. The minimum atomic E-state index is -0.0821. The Morgan fingerprint density at radius 3 is 2.53 bits per heavy atom. The maximum Gasteiger partial charge on any atom is 0.251 e. The first-order chi connectivity index (χ1) is 14.7. The molecule has 6 heteroatoms. The number of aromatic nitrogens is 2. The standard InChI is InChI=1S/C24H22N4OS/c25-15-17-4-6-18(7-5-17)20-2-1-3-21(14-20)24(29)27-13-10-23-28-22(16-30-23)19-8-11-26-12-9-19/h1-9,11-12,14,16H,10,13,15,25H2,(H,27,29). The molecule has 0 radical (unpaired) electrons. The van der Waals surface area contributed by atoms with Crippen LogP contribution in [0.2, 0.25) is 0 Å². The van der Waals surface area contributed by atoms with Crippen LogP contribution in [-0.2, 0) is 13.0 Å². The van der Waals surface area contributed by atoms with Gasteiger partial charge in [-0.1, -0.05) is 36.4 Å². The van der Waals surface area contributed by atoms with Gasteiger partial charge in [0.05, 0.1) is 10.7 Å². The molecule has 0 spiro atoms. The second kappa shape index (κ2) is 9.43. The number of amides is 1. The van der Waals surface area contributed by atoms with Crippen LogP contribution in [-0.4, -0.2) is 22.4 Å². The van der Waals surface area contributed by atoms with Crippen molar-refractivity contribution in [3.63, 3.8) is 0 Å². The maximum absolute atomic E-state index is 12.6. The first kappa shape index (κ1) is 19.9. The van der Waals surface area contributed by atoms with Gasteiger partial charge in [-0.15, -0.1) is 11.3 Å². The van der Waals surface area contributed by atoms with Gasteiger partial charge in [-0.3, -0.25) is 9.78 Å². The van der Waals surface area contributed by atoms with E-state index in [4.69, 9.17) is 5.73 Å². The predicted molar refractivity (Wildman–Crippen MR) is 121 cm³/mol. The minimum Gasteiger partial charge on any atom is -0.352 e. The fraction of sp³-hybridized carbons (Fsp3) is 0.125. The summed E-state index contributed by atoms with van der Waals surface area (Å²) in [6.07, 6.45) is 4.21. The lowest BCUT2D eigenvalue weighted by Crippen LogP contribution is -2.25. The minimum absolute atomic E-state index is 0.0821. The Morgan fingerprint density at radius 2 is 1.77 bits per heavy atom. The lowest BCUT2D eigenvalue weighted by Gasteiger charge is -2.07. The molecule has 2 aromatic heterocycles. The number of rotatable bonds is 7. The van der Waals surface area contributed by atoms with Crippen molar-refractivity contribution in [3.8, 4) is 22.4 Å². The summed E-state index contributed by atoms with van der Waals surface area (Å²) in [5, 5.41) is 6.02. The summed E-state index contributed by atoms with van der Waals surface area (Å²) in [4.78, 5) is 21.3. The SMILES string of the molecule is NCc1ccc(-c2cccc(C(=O)NCCc3nc(-c4ccncc4)cs3)c2)cc1. The number of hydrogen-bond acceptors (Lipinski definition) is 5. The van der Waals surface area contributed by atoms with Crippen molar-refractivity contribution in [3.05, 3.63) is 94.6 Å². The molecule has 3 N–H and O–H groups in total. The van der Waals surface area contributed by atoms with Crippen LogP contribution in [0.4, 0.5) is 0 Å². The van der Waals surface area contributed by atoms with E-state index in [1.54, 1.807) is 23.7 Å². The van der Waals surface area contributed by atoms with E-state index < -0.39 is 0 Å². The van der Waals surface area contributed by atoms with Crippen LogP contribution in [0.3, 0.4) is 0 Å². The molecule has 4 aromatic rings. The first-order valence-corrected chi connectivity index (χ1v) is 10.6. The molecule has 0 atom stereocenters. The molecule has 0 fully saturated rings. The van der Waals surface area contributed by atoms with Gasteiger partial charge in [0.1, 0.15) is 0 Å². The molecule has 150 valence electrons. The number of hydrogen-bond donors (Lipinski definition) is 2. The summed E-state index contributed by atoms with van der Waals surface area (Å²) >= 11 is 1.60. The summed E-state index contributed by atoms with van der Waals surface area (Å²) in [5.41, 5.74) is 11.5. The summed E-state index contributed by atoms with van der Waals surface area (Å²) < 4.78 is 0. The number of nitrogens with one attached hydrogen (secondary N) is 1. The average Bonchev–Trinajstić information content (AvgIpc) is 3.29. The second-order valence-electron chi connectivity index (χ2n) is 6.85. The molecule has 0 bridgehead atoms. The molecule has 5 nitrogen and oxygen atoms in total. The molecule has 0 saturated heterocycles. The van der Waals surface area contributed by atoms with Gasteiger partial charge in [-0.2, -0.15) is 0 Å². The van der Waals surface area contributed by atoms with Crippen LogP contribution in [0.1, 0.15) is 20.9 Å². The normalized spacial score (nSPS) is 10.7. The van der Waals surface area contributed by atoms with E-state index >= 15 is 0 Å². The molecular formula is C24H22N4OS. The van der Waals surface area contributed by atoms with E-state index in [9.17, 15) is 4.79 Å². The Balaban J connectivity index is 1.36. The lowest BCUT2D eigenvalue weighted by molar-refractivity contribution is 0.0954. The fourth-order valence-electron chi connectivity index (χ4n) is 3.14. The summed E-state index contributed by atoms with van der Waals surface area (Å²) in [6.45, 7) is 1.06. The summed E-state index contributed by atoms with van der Waals surface area (Å²) in [6, 6.07) is 19.6. The molecule has 0 saturated carbocycles. The zero-order valence-electron chi connectivity index (χ0n) is 16.4. The van der Waals surface area contributed by atoms with E-state index in [-0.39, 0.29) is 5.91 Å². The van der Waals surface area contributed by atoms with Gasteiger partial charge >= 0.3 is 0 Å². The third-order valence-electron chi connectivity index (χ3n) is 4.80. The van der Waals surface area contributed by atoms with Gasteiger partial charge < -0.3 is 11.1 Å². The van der Waals surface area contributed by atoms with Gasteiger partial charge in [0, 0.05) is 48.4 Å². The molecule has 0 unspecified atom stereocenters. The highest BCUT2D eigenvalue weighted by molar-refractivity contribution is 7.09. The van der Waals surface area contributed by atoms with Crippen LogP contribution in [0.5, 0.6) is 0 Å². The topological polar surface area (TPSA) is 80.9 Å². The predicted octanol–water partition coefficient (Wildman–Crippen LogP) is 4.30. The van der Waals surface area contributed by atoms with Gasteiger partial charge in [0.25, 0.3) is 5.91 Å². The van der Waals surface area contributed by atoms with Crippen LogP contribution in [0.25, 0.3) is 22.4 Å². The highest BCUT2D eigenvalue weighted by Gasteiger charge is 2.09. The van der Waals surface area contributed by atoms with Crippen LogP contribution in [0, 0.1) is 0 Å². The zero-order valence-corrected chi connectivity index (χ0v) is 17.2. The maximum atomic E-state index is 12.6. The first-order valence-electron chi connectivity index (χ1n) is 9.75. The molecule has 2 heterocycles. The number of carbonyl (C=O) groups is 1. The van der Waals surface area contributed by atoms with Gasteiger partial charge in [0.2, 0.25) is 0 Å². The Labute approximate surface area is 179 Å². The van der Waals surface area contributed by atoms with Crippen molar-refractivity contribution in [1.29, 1.82) is 0 Å². The highest BCUT2D eigenvalue weighted by atomic mass is 32.1. The van der Waals surface area contributed by atoms with Crippen molar-refractivity contribution in [2.75, 3.05) is 6.54 Å². The Bertz CT molecular complexity index is 1120. The van der Waals surface area contributed by atoms with Crippen molar-refractivity contribution >= 4 is 17.2 Å². The molecule has 4 rings (SSSR count). The van der Waals surface area contributed by atoms with Crippen molar-refractivity contribution in [2.45, 2.75) is 13.0 Å². The van der Waals surface area contributed by atoms with E-state index in [1.165, 1.54) is 0 Å². The van der Waals surface area contributed by atoms with Crippen LogP contribution >= 0.6 is 11.3 Å². The average molecular weight is 415 g/mol. The summed E-state index contributed by atoms with van der Waals surface area (Å²) in [5.74, 6) is -0.0821. The molecule has 0 aliphatic rings. The molecule has 30 heavy (non-hydrogen) atoms. The Kier molecular flexibility index (Phi) is 6.27. The Hall–Kier alpha value is -3.35. The van der Waals surface area contributed by atoms with E-state index in [0.29, 0.717) is 25.1 Å².